The summed E-state index contributed by atoms with van der Waals surface area (Å²) in [6, 6.07) is 4.05. The zero-order valence-corrected chi connectivity index (χ0v) is 12.1. The Hall–Kier alpha value is -1.25. The lowest BCUT2D eigenvalue weighted by Gasteiger charge is -1.99. The molecule has 0 aliphatic carbocycles. The van der Waals surface area contributed by atoms with Gasteiger partial charge in [-0.3, -0.25) is 0 Å². The number of aromatic nitrogens is 5. The topological polar surface area (TPSA) is 56.5 Å². The van der Waals surface area contributed by atoms with Crippen LogP contribution < -0.4 is 0 Å². The lowest BCUT2D eigenvalue weighted by atomic mass is 10.4. The predicted octanol–water partition coefficient (Wildman–Crippen LogP) is 2.85. The van der Waals surface area contributed by atoms with Crippen LogP contribution in [0.1, 0.15) is 5.82 Å². The Morgan fingerprint density at radius 2 is 2.22 bits per heavy atom. The zero-order valence-electron chi connectivity index (χ0n) is 9.69. The molecule has 3 heterocycles. The van der Waals surface area contributed by atoms with Gasteiger partial charge in [0.1, 0.15) is 5.82 Å². The van der Waals surface area contributed by atoms with E-state index in [-0.39, 0.29) is 0 Å². The summed E-state index contributed by atoms with van der Waals surface area (Å²) in [6.45, 7) is 1.88. The molecule has 8 heteroatoms. The van der Waals surface area contributed by atoms with E-state index in [1.165, 1.54) is 23.3 Å². The van der Waals surface area contributed by atoms with Crippen LogP contribution in [0.5, 0.6) is 0 Å². The molecule has 0 bridgehead atoms. The van der Waals surface area contributed by atoms with Crippen LogP contribution in [0, 0.1) is 6.92 Å². The number of hydrogen-bond acceptors (Lipinski definition) is 7. The molecule has 92 valence electrons. The third-order valence-corrected chi connectivity index (χ3v) is 5.01. The monoisotopic (exact) mass is 295 g/mol. The molecule has 0 aliphatic rings. The van der Waals surface area contributed by atoms with Gasteiger partial charge in [0.25, 0.3) is 0 Å². The van der Waals surface area contributed by atoms with Crippen LogP contribution in [0.2, 0.25) is 0 Å². The van der Waals surface area contributed by atoms with E-state index in [2.05, 4.69) is 19.6 Å². The van der Waals surface area contributed by atoms with Gasteiger partial charge in [-0.15, -0.1) is 21.5 Å². The minimum Gasteiger partial charge on any atom is -0.304 e. The summed E-state index contributed by atoms with van der Waals surface area (Å²) in [7, 11) is 1.96. The molecule has 0 aromatic carbocycles. The first-order valence-electron chi connectivity index (χ1n) is 5.15. The second-order valence-corrected chi connectivity index (χ2v) is 6.47. The maximum absolute atomic E-state index is 4.31. The van der Waals surface area contributed by atoms with Gasteiger partial charge in [-0.2, -0.15) is 4.37 Å². The molecule has 0 radical (unpaired) electrons. The Bertz CT molecular complexity index is 655. The van der Waals surface area contributed by atoms with Crippen molar-refractivity contribution >= 4 is 34.6 Å². The van der Waals surface area contributed by atoms with Gasteiger partial charge in [0.2, 0.25) is 0 Å². The van der Waals surface area contributed by atoms with E-state index in [1.807, 2.05) is 36.1 Å². The molecule has 5 nitrogen and oxygen atoms in total. The van der Waals surface area contributed by atoms with E-state index in [4.69, 9.17) is 0 Å². The normalized spacial score (nSPS) is 11.0. The minimum absolute atomic E-state index is 0.795. The molecule has 3 aromatic rings. The maximum atomic E-state index is 4.31. The van der Waals surface area contributed by atoms with Gasteiger partial charge in [0, 0.05) is 7.05 Å². The van der Waals surface area contributed by atoms with Crippen LogP contribution in [0.4, 0.5) is 0 Å². The molecule has 3 rings (SSSR count). The Balaban J connectivity index is 1.90. The molecule has 18 heavy (non-hydrogen) atoms. The summed E-state index contributed by atoms with van der Waals surface area (Å²) >= 11 is 4.53. The highest BCUT2D eigenvalue weighted by Gasteiger charge is 2.14. The lowest BCUT2D eigenvalue weighted by molar-refractivity contribution is 0.794. The van der Waals surface area contributed by atoms with E-state index < -0.39 is 0 Å². The summed E-state index contributed by atoms with van der Waals surface area (Å²) < 4.78 is 7.02. The van der Waals surface area contributed by atoms with Gasteiger partial charge in [0.05, 0.1) is 4.88 Å². The molecule has 3 aromatic heterocycles. The molecule has 0 unspecified atom stereocenters. The fraction of sp³-hybridized carbons (Fsp3) is 0.200. The van der Waals surface area contributed by atoms with E-state index in [1.54, 1.807) is 11.3 Å². The average molecular weight is 295 g/mol. The summed E-state index contributed by atoms with van der Waals surface area (Å²) in [5.41, 5.74) is 0. The predicted molar refractivity (Wildman–Crippen MR) is 73.1 cm³/mol. The van der Waals surface area contributed by atoms with Crippen LogP contribution in [-0.2, 0) is 7.05 Å². The number of rotatable bonds is 3. The third-order valence-electron chi connectivity index (χ3n) is 2.26. The summed E-state index contributed by atoms with van der Waals surface area (Å²) in [6.07, 6.45) is 0. The second kappa shape index (κ2) is 4.79. The first-order valence-corrected chi connectivity index (χ1v) is 7.62. The standard InChI is InChI=1S/C10H9N5S3/c1-6-11-10(18-14-6)17-9-13-12-8(15(9)2)7-4-3-5-16-7/h3-5H,1-2H3. The molecule has 0 fully saturated rings. The van der Waals surface area contributed by atoms with E-state index >= 15 is 0 Å². The van der Waals surface area contributed by atoms with Gasteiger partial charge in [-0.25, -0.2) is 4.98 Å². The molecule has 0 saturated heterocycles. The van der Waals surface area contributed by atoms with E-state index in [0.717, 1.165) is 26.0 Å². The SMILES string of the molecule is Cc1nsc(Sc2nnc(-c3cccs3)n2C)n1. The minimum atomic E-state index is 0.795. The van der Waals surface area contributed by atoms with Crippen molar-refractivity contribution in [3.8, 4) is 10.7 Å². The van der Waals surface area contributed by atoms with Crippen molar-refractivity contribution in [1.82, 2.24) is 24.1 Å². The van der Waals surface area contributed by atoms with Crippen molar-refractivity contribution in [1.29, 1.82) is 0 Å². The van der Waals surface area contributed by atoms with Crippen molar-refractivity contribution in [3.05, 3.63) is 23.3 Å². The van der Waals surface area contributed by atoms with Gasteiger partial charge >= 0.3 is 0 Å². The highest BCUT2D eigenvalue weighted by atomic mass is 32.2. The van der Waals surface area contributed by atoms with Crippen molar-refractivity contribution < 1.29 is 0 Å². The molecule has 0 N–H and O–H groups in total. The van der Waals surface area contributed by atoms with Crippen LogP contribution >= 0.6 is 34.6 Å². The van der Waals surface area contributed by atoms with Gasteiger partial charge in [-0.05, 0) is 41.7 Å². The molecule has 0 aliphatic heterocycles. The molecule has 0 spiro atoms. The number of nitrogens with zero attached hydrogens (tertiary/aromatic N) is 5. The Morgan fingerprint density at radius 1 is 1.33 bits per heavy atom. The van der Waals surface area contributed by atoms with E-state index in [0.29, 0.717) is 0 Å². The average Bonchev–Trinajstić information content (AvgIpc) is 3.04. The first-order chi connectivity index (χ1) is 8.74. The van der Waals surface area contributed by atoms with Gasteiger partial charge < -0.3 is 4.57 Å². The van der Waals surface area contributed by atoms with Gasteiger partial charge in [0.15, 0.2) is 15.3 Å². The lowest BCUT2D eigenvalue weighted by Crippen LogP contribution is -1.93. The van der Waals surface area contributed by atoms with Crippen LogP contribution in [0.15, 0.2) is 27.0 Å². The van der Waals surface area contributed by atoms with Crippen LogP contribution in [-0.4, -0.2) is 24.1 Å². The first kappa shape index (κ1) is 11.8. The summed E-state index contributed by atoms with van der Waals surface area (Å²) in [5.74, 6) is 1.68. The Kier molecular flexibility index (Phi) is 3.14. The fourth-order valence-corrected chi connectivity index (χ4v) is 3.71. The molecular formula is C10H9N5S3. The van der Waals surface area contributed by atoms with Crippen LogP contribution in [0.3, 0.4) is 0 Å². The summed E-state index contributed by atoms with van der Waals surface area (Å²) in [5, 5.41) is 11.3. The van der Waals surface area contributed by atoms with Crippen molar-refractivity contribution in [3.63, 3.8) is 0 Å². The van der Waals surface area contributed by atoms with Crippen molar-refractivity contribution in [2.45, 2.75) is 16.4 Å². The third kappa shape index (κ3) is 2.18. The zero-order chi connectivity index (χ0) is 12.5. The Labute approximate surface area is 116 Å². The Morgan fingerprint density at radius 3 is 2.89 bits per heavy atom. The number of hydrogen-bond donors (Lipinski definition) is 0. The van der Waals surface area contributed by atoms with Crippen molar-refractivity contribution in [2.75, 3.05) is 0 Å². The largest absolute Gasteiger partial charge is 0.304 e. The molecular weight excluding hydrogens is 286 g/mol. The molecule has 0 saturated carbocycles. The second-order valence-electron chi connectivity index (χ2n) is 3.55. The quantitative estimate of drug-likeness (QED) is 0.743. The number of thiophene rings is 1. The van der Waals surface area contributed by atoms with Crippen LogP contribution in [0.25, 0.3) is 10.7 Å². The molecule has 0 atom stereocenters. The van der Waals surface area contributed by atoms with Crippen molar-refractivity contribution in [2.24, 2.45) is 7.05 Å². The summed E-state index contributed by atoms with van der Waals surface area (Å²) in [4.78, 5) is 5.43. The van der Waals surface area contributed by atoms with E-state index in [9.17, 15) is 0 Å². The fourth-order valence-electron chi connectivity index (χ4n) is 1.42. The van der Waals surface area contributed by atoms with Gasteiger partial charge in [-0.1, -0.05) is 6.07 Å². The maximum Gasteiger partial charge on any atom is 0.198 e. The smallest absolute Gasteiger partial charge is 0.198 e. The molecule has 0 amide bonds. The highest BCUT2D eigenvalue weighted by molar-refractivity contribution is 8.00. The number of aryl methyl sites for hydroxylation is 1. The highest BCUT2D eigenvalue weighted by Crippen LogP contribution is 2.30.